The van der Waals surface area contributed by atoms with Crippen LogP contribution in [0.2, 0.25) is 0 Å². The lowest BCUT2D eigenvalue weighted by atomic mass is 9.79. The highest BCUT2D eigenvalue weighted by atomic mass is 32.1. The fourth-order valence-corrected chi connectivity index (χ4v) is 3.78. The maximum atomic E-state index is 12.7. The summed E-state index contributed by atoms with van der Waals surface area (Å²) in [6.45, 7) is 5.57. The van der Waals surface area contributed by atoms with E-state index in [0.29, 0.717) is 37.7 Å². The van der Waals surface area contributed by atoms with Gasteiger partial charge in [-0.15, -0.1) is 11.3 Å². The number of aromatic nitrogens is 1. The number of ether oxygens (including phenoxy) is 1. The quantitative estimate of drug-likeness (QED) is 0.892. The van der Waals surface area contributed by atoms with Crippen molar-refractivity contribution >= 4 is 22.4 Å². The number of benzene rings is 1. The lowest BCUT2D eigenvalue weighted by molar-refractivity contribution is -0.130. The van der Waals surface area contributed by atoms with Gasteiger partial charge in [-0.05, 0) is 26.7 Å². The maximum Gasteiger partial charge on any atom is 0.233 e. The maximum absolute atomic E-state index is 12.7. The number of hydrogen-bond acceptors (Lipinski definition) is 5. The zero-order chi connectivity index (χ0) is 17.2. The molecule has 2 heterocycles. The SMILES string of the molecule is Cc1ccc(-c2nc(NC(=O)C3(CN)CCOCC3)sc2C)cc1. The zero-order valence-corrected chi connectivity index (χ0v) is 14.9. The summed E-state index contributed by atoms with van der Waals surface area (Å²) in [6.07, 6.45) is 1.31. The summed E-state index contributed by atoms with van der Waals surface area (Å²) >= 11 is 1.50. The number of anilines is 1. The highest BCUT2D eigenvalue weighted by Gasteiger charge is 2.39. The molecule has 3 N–H and O–H groups in total. The van der Waals surface area contributed by atoms with E-state index < -0.39 is 5.41 Å². The smallest absolute Gasteiger partial charge is 0.233 e. The molecule has 1 saturated heterocycles. The highest BCUT2D eigenvalue weighted by Crippen LogP contribution is 2.34. The summed E-state index contributed by atoms with van der Waals surface area (Å²) in [7, 11) is 0. The van der Waals surface area contributed by atoms with Crippen LogP contribution < -0.4 is 11.1 Å². The summed E-state index contributed by atoms with van der Waals surface area (Å²) in [6, 6.07) is 8.25. The van der Waals surface area contributed by atoms with Gasteiger partial charge in [-0.2, -0.15) is 0 Å². The predicted molar refractivity (Wildman–Crippen MR) is 97.2 cm³/mol. The van der Waals surface area contributed by atoms with E-state index in [9.17, 15) is 4.79 Å². The van der Waals surface area contributed by atoms with Gasteiger partial charge in [-0.1, -0.05) is 29.8 Å². The van der Waals surface area contributed by atoms with Crippen LogP contribution in [0.3, 0.4) is 0 Å². The second kappa shape index (κ2) is 7.01. The van der Waals surface area contributed by atoms with Crippen molar-refractivity contribution in [2.24, 2.45) is 11.1 Å². The van der Waals surface area contributed by atoms with Gasteiger partial charge in [-0.25, -0.2) is 4.98 Å². The van der Waals surface area contributed by atoms with E-state index >= 15 is 0 Å². The fourth-order valence-electron chi connectivity index (χ4n) is 2.94. The third-order valence-corrected chi connectivity index (χ3v) is 5.55. The van der Waals surface area contributed by atoms with E-state index in [1.165, 1.54) is 16.9 Å². The lowest BCUT2D eigenvalue weighted by Gasteiger charge is -2.34. The molecule has 128 valence electrons. The summed E-state index contributed by atoms with van der Waals surface area (Å²) in [5, 5.41) is 3.61. The number of aryl methyl sites for hydroxylation is 2. The molecular weight excluding hydrogens is 322 g/mol. The Labute approximate surface area is 146 Å². The molecule has 24 heavy (non-hydrogen) atoms. The standard InChI is InChI=1S/C18H23N3O2S/c1-12-3-5-14(6-4-12)15-13(2)24-17(20-15)21-16(22)18(11-19)7-9-23-10-8-18/h3-6H,7-11,19H2,1-2H3,(H,20,21,22). The number of nitrogens with two attached hydrogens (primary N) is 1. The van der Waals surface area contributed by atoms with Gasteiger partial charge in [0.15, 0.2) is 5.13 Å². The van der Waals surface area contributed by atoms with Crippen molar-refractivity contribution in [1.29, 1.82) is 0 Å². The average molecular weight is 345 g/mol. The van der Waals surface area contributed by atoms with Crippen LogP contribution in [0.5, 0.6) is 0 Å². The Bertz CT molecular complexity index is 718. The first-order chi connectivity index (χ1) is 11.5. The molecule has 1 aliphatic rings. The Hall–Kier alpha value is -1.76. The first-order valence-electron chi connectivity index (χ1n) is 8.18. The molecule has 0 atom stereocenters. The summed E-state index contributed by atoms with van der Waals surface area (Å²) in [5.41, 5.74) is 8.56. The molecule has 1 aromatic heterocycles. The lowest BCUT2D eigenvalue weighted by Crippen LogP contribution is -2.46. The highest BCUT2D eigenvalue weighted by molar-refractivity contribution is 7.16. The van der Waals surface area contributed by atoms with Gasteiger partial charge in [-0.3, -0.25) is 4.79 Å². The minimum atomic E-state index is -0.540. The van der Waals surface area contributed by atoms with Gasteiger partial charge >= 0.3 is 0 Å². The van der Waals surface area contributed by atoms with E-state index in [1.807, 2.05) is 6.92 Å². The molecule has 0 spiro atoms. The third-order valence-electron chi connectivity index (χ3n) is 4.66. The molecule has 5 nitrogen and oxygen atoms in total. The Kier molecular flexibility index (Phi) is 4.99. The van der Waals surface area contributed by atoms with Crippen LogP contribution in [0.1, 0.15) is 23.3 Å². The molecular formula is C18H23N3O2S. The van der Waals surface area contributed by atoms with Gasteiger partial charge < -0.3 is 15.8 Å². The minimum Gasteiger partial charge on any atom is -0.381 e. The van der Waals surface area contributed by atoms with Crippen LogP contribution in [0.25, 0.3) is 11.3 Å². The second-order valence-corrected chi connectivity index (χ2v) is 7.54. The molecule has 0 aliphatic carbocycles. The topological polar surface area (TPSA) is 77.2 Å². The largest absolute Gasteiger partial charge is 0.381 e. The van der Waals surface area contributed by atoms with Gasteiger partial charge in [0, 0.05) is 30.2 Å². The molecule has 0 radical (unpaired) electrons. The number of nitrogens with zero attached hydrogens (tertiary/aromatic N) is 1. The van der Waals surface area contributed by atoms with Crippen molar-refractivity contribution in [3.8, 4) is 11.3 Å². The third kappa shape index (κ3) is 3.36. The first-order valence-corrected chi connectivity index (χ1v) is 8.99. The van der Waals surface area contributed by atoms with E-state index in [0.717, 1.165) is 16.1 Å². The van der Waals surface area contributed by atoms with Crippen LogP contribution in [0, 0.1) is 19.3 Å². The van der Waals surface area contributed by atoms with E-state index in [2.05, 4.69) is 41.5 Å². The van der Waals surface area contributed by atoms with Crippen LogP contribution in [0.4, 0.5) is 5.13 Å². The van der Waals surface area contributed by atoms with Crippen molar-refractivity contribution in [2.45, 2.75) is 26.7 Å². The molecule has 3 rings (SSSR count). The first kappa shape index (κ1) is 17.1. The number of rotatable bonds is 4. The van der Waals surface area contributed by atoms with Gasteiger partial charge in [0.25, 0.3) is 0 Å². The van der Waals surface area contributed by atoms with Crippen LogP contribution in [-0.2, 0) is 9.53 Å². The molecule has 0 saturated carbocycles. The molecule has 6 heteroatoms. The summed E-state index contributed by atoms with van der Waals surface area (Å²) < 4.78 is 5.37. The average Bonchev–Trinajstić information content (AvgIpc) is 2.96. The second-order valence-electron chi connectivity index (χ2n) is 6.34. The van der Waals surface area contributed by atoms with Crippen LogP contribution >= 0.6 is 11.3 Å². The minimum absolute atomic E-state index is 0.0440. The molecule has 2 aromatic rings. The van der Waals surface area contributed by atoms with Crippen LogP contribution in [0.15, 0.2) is 24.3 Å². The normalized spacial score (nSPS) is 16.8. The number of carbonyl (C=O) groups excluding carboxylic acids is 1. The van der Waals surface area contributed by atoms with Gasteiger partial charge in [0.1, 0.15) is 0 Å². The number of carbonyl (C=O) groups is 1. The molecule has 0 unspecified atom stereocenters. The Morgan fingerprint density at radius 1 is 1.29 bits per heavy atom. The molecule has 0 bridgehead atoms. The summed E-state index contributed by atoms with van der Waals surface area (Å²) in [5.74, 6) is -0.0440. The molecule has 1 fully saturated rings. The molecule has 1 amide bonds. The summed E-state index contributed by atoms with van der Waals surface area (Å²) in [4.78, 5) is 18.5. The molecule has 1 aliphatic heterocycles. The van der Waals surface area contributed by atoms with E-state index in [-0.39, 0.29) is 5.91 Å². The van der Waals surface area contributed by atoms with E-state index in [1.54, 1.807) is 0 Å². The zero-order valence-electron chi connectivity index (χ0n) is 14.1. The predicted octanol–water partition coefficient (Wildman–Crippen LogP) is 3.12. The Morgan fingerprint density at radius 2 is 1.96 bits per heavy atom. The number of amides is 1. The van der Waals surface area contributed by atoms with Gasteiger partial charge in [0.05, 0.1) is 11.1 Å². The fraction of sp³-hybridized carbons (Fsp3) is 0.444. The number of hydrogen-bond donors (Lipinski definition) is 2. The van der Waals surface area contributed by atoms with Crippen molar-refractivity contribution in [2.75, 3.05) is 25.1 Å². The van der Waals surface area contributed by atoms with Crippen molar-refractivity contribution in [1.82, 2.24) is 4.98 Å². The van der Waals surface area contributed by atoms with Crippen molar-refractivity contribution in [3.05, 3.63) is 34.7 Å². The van der Waals surface area contributed by atoms with Crippen molar-refractivity contribution in [3.63, 3.8) is 0 Å². The molecule has 1 aromatic carbocycles. The van der Waals surface area contributed by atoms with Crippen LogP contribution in [-0.4, -0.2) is 30.6 Å². The van der Waals surface area contributed by atoms with E-state index in [4.69, 9.17) is 10.5 Å². The Balaban J connectivity index is 1.79. The number of thiazole rings is 1. The van der Waals surface area contributed by atoms with Gasteiger partial charge in [0.2, 0.25) is 5.91 Å². The van der Waals surface area contributed by atoms with Crippen molar-refractivity contribution < 1.29 is 9.53 Å². The Morgan fingerprint density at radius 3 is 2.58 bits per heavy atom. The number of nitrogens with one attached hydrogen (secondary N) is 1. The monoisotopic (exact) mass is 345 g/mol.